The van der Waals surface area contributed by atoms with Crippen LogP contribution in [0.15, 0.2) is 12.4 Å². The maximum absolute atomic E-state index is 12.5. The van der Waals surface area contributed by atoms with Crippen LogP contribution in [0.1, 0.15) is 22.3 Å². The molecule has 0 saturated carbocycles. The molecule has 2 aromatic heterocycles. The molecule has 118 valence electrons. The smallest absolute Gasteiger partial charge is 0.409 e. The van der Waals surface area contributed by atoms with Crippen LogP contribution in [0.4, 0.5) is 4.79 Å². The van der Waals surface area contributed by atoms with Crippen molar-refractivity contribution in [1.29, 1.82) is 0 Å². The van der Waals surface area contributed by atoms with Crippen LogP contribution in [0.2, 0.25) is 0 Å². The number of piperazine rings is 1. The molecule has 0 bridgehead atoms. The van der Waals surface area contributed by atoms with Gasteiger partial charge in [0.1, 0.15) is 5.69 Å². The third-order valence-corrected chi connectivity index (χ3v) is 4.50. The average Bonchev–Trinajstić information content (AvgIpc) is 3.04. The first kappa shape index (κ1) is 14.8. The van der Waals surface area contributed by atoms with E-state index in [9.17, 15) is 9.59 Å². The Morgan fingerprint density at radius 3 is 2.55 bits per heavy atom. The second kappa shape index (κ2) is 5.96. The van der Waals surface area contributed by atoms with Gasteiger partial charge >= 0.3 is 6.09 Å². The highest BCUT2D eigenvalue weighted by atomic mass is 32.1. The topological polar surface area (TPSA) is 67.2 Å². The van der Waals surface area contributed by atoms with Crippen molar-refractivity contribution in [1.82, 2.24) is 19.2 Å². The number of amides is 2. The van der Waals surface area contributed by atoms with E-state index in [-0.39, 0.29) is 12.0 Å². The minimum Gasteiger partial charge on any atom is -0.450 e. The number of ether oxygens (including phenoxy) is 1. The lowest BCUT2D eigenvalue weighted by Crippen LogP contribution is -2.50. The number of hydrogen-bond acceptors (Lipinski definition) is 5. The number of fused-ring (bicyclic) bond motifs is 1. The molecule has 8 heteroatoms. The fraction of sp³-hybridized carbons (Fsp3) is 0.500. The van der Waals surface area contributed by atoms with Crippen LogP contribution in [0, 0.1) is 6.92 Å². The van der Waals surface area contributed by atoms with Crippen molar-refractivity contribution >= 4 is 28.3 Å². The zero-order valence-electron chi connectivity index (χ0n) is 12.6. The zero-order chi connectivity index (χ0) is 15.7. The Kier molecular flexibility index (Phi) is 4.02. The van der Waals surface area contributed by atoms with Crippen LogP contribution < -0.4 is 0 Å². The van der Waals surface area contributed by atoms with Gasteiger partial charge in [-0.25, -0.2) is 9.78 Å². The number of imidazole rings is 1. The number of aromatic nitrogens is 2. The van der Waals surface area contributed by atoms with Crippen molar-refractivity contribution in [3.05, 3.63) is 23.0 Å². The van der Waals surface area contributed by atoms with Gasteiger partial charge in [0.2, 0.25) is 0 Å². The van der Waals surface area contributed by atoms with Gasteiger partial charge in [0, 0.05) is 43.4 Å². The summed E-state index contributed by atoms with van der Waals surface area (Å²) < 4.78 is 6.85. The fourth-order valence-electron chi connectivity index (χ4n) is 2.48. The third kappa shape index (κ3) is 2.78. The van der Waals surface area contributed by atoms with E-state index in [1.807, 2.05) is 17.5 Å². The molecule has 2 amide bonds. The molecule has 1 fully saturated rings. The van der Waals surface area contributed by atoms with Crippen molar-refractivity contribution in [3.63, 3.8) is 0 Å². The summed E-state index contributed by atoms with van der Waals surface area (Å²) >= 11 is 1.56. The van der Waals surface area contributed by atoms with E-state index in [0.717, 1.165) is 9.84 Å². The van der Waals surface area contributed by atoms with E-state index in [1.165, 1.54) is 0 Å². The van der Waals surface area contributed by atoms with Crippen molar-refractivity contribution in [2.45, 2.75) is 13.8 Å². The number of thiazole rings is 1. The van der Waals surface area contributed by atoms with E-state index >= 15 is 0 Å². The largest absolute Gasteiger partial charge is 0.450 e. The zero-order valence-corrected chi connectivity index (χ0v) is 13.4. The summed E-state index contributed by atoms with van der Waals surface area (Å²) in [6.45, 7) is 6.14. The standard InChI is InChI=1S/C14H18N4O3S/c1-3-21-14(20)17-6-4-16(5-7-17)12(19)11-9-18-8-10(2)22-13(18)15-11/h8-9H,3-7H2,1-2H3. The second-order valence-electron chi connectivity index (χ2n) is 5.14. The highest BCUT2D eigenvalue weighted by molar-refractivity contribution is 7.17. The van der Waals surface area contributed by atoms with Crippen molar-refractivity contribution in [2.24, 2.45) is 0 Å². The van der Waals surface area contributed by atoms with Crippen LogP contribution in [0.25, 0.3) is 4.96 Å². The molecule has 2 aromatic rings. The summed E-state index contributed by atoms with van der Waals surface area (Å²) in [5.41, 5.74) is 0.454. The first-order valence-electron chi connectivity index (χ1n) is 7.24. The molecule has 0 spiro atoms. The average molecular weight is 322 g/mol. The molecule has 1 aliphatic heterocycles. The lowest BCUT2D eigenvalue weighted by Gasteiger charge is -2.33. The first-order valence-corrected chi connectivity index (χ1v) is 8.06. The fourth-order valence-corrected chi connectivity index (χ4v) is 3.29. The first-order chi connectivity index (χ1) is 10.6. The highest BCUT2D eigenvalue weighted by Gasteiger charge is 2.26. The van der Waals surface area contributed by atoms with E-state index in [0.29, 0.717) is 38.5 Å². The number of carbonyl (C=O) groups excluding carboxylic acids is 2. The Balaban J connectivity index is 1.64. The summed E-state index contributed by atoms with van der Waals surface area (Å²) in [4.78, 5) is 33.8. The normalized spacial score (nSPS) is 15.4. The van der Waals surface area contributed by atoms with Gasteiger partial charge in [0.05, 0.1) is 6.61 Å². The lowest BCUT2D eigenvalue weighted by molar-refractivity contribution is 0.0566. The van der Waals surface area contributed by atoms with Crippen LogP contribution in [-0.2, 0) is 4.74 Å². The molecule has 0 atom stereocenters. The van der Waals surface area contributed by atoms with Gasteiger partial charge in [0.15, 0.2) is 4.96 Å². The Morgan fingerprint density at radius 1 is 1.23 bits per heavy atom. The molecule has 22 heavy (non-hydrogen) atoms. The van der Waals surface area contributed by atoms with Gasteiger partial charge in [0.25, 0.3) is 5.91 Å². The highest BCUT2D eigenvalue weighted by Crippen LogP contribution is 2.18. The second-order valence-corrected chi connectivity index (χ2v) is 6.35. The summed E-state index contributed by atoms with van der Waals surface area (Å²) in [6.07, 6.45) is 3.41. The van der Waals surface area contributed by atoms with E-state index in [1.54, 1.807) is 34.3 Å². The molecule has 0 aromatic carbocycles. The van der Waals surface area contributed by atoms with Crippen LogP contribution >= 0.6 is 11.3 Å². The molecular weight excluding hydrogens is 304 g/mol. The molecule has 0 aliphatic carbocycles. The molecule has 1 aliphatic rings. The van der Waals surface area contributed by atoms with Gasteiger partial charge in [-0.3, -0.25) is 9.20 Å². The molecule has 0 N–H and O–H groups in total. The minimum atomic E-state index is -0.312. The van der Waals surface area contributed by atoms with Crippen LogP contribution in [-0.4, -0.2) is 64.0 Å². The quantitative estimate of drug-likeness (QED) is 0.842. The predicted octanol–water partition coefficient (Wildman–Crippen LogP) is 1.62. The van der Waals surface area contributed by atoms with Crippen molar-refractivity contribution < 1.29 is 14.3 Å². The van der Waals surface area contributed by atoms with Gasteiger partial charge in [-0.2, -0.15) is 0 Å². The molecule has 0 unspecified atom stereocenters. The number of carbonyl (C=O) groups is 2. The van der Waals surface area contributed by atoms with E-state index in [2.05, 4.69) is 4.98 Å². The Bertz CT molecular complexity index is 669. The molecule has 1 saturated heterocycles. The summed E-state index contributed by atoms with van der Waals surface area (Å²) in [6, 6.07) is 0. The molecule has 3 rings (SSSR count). The van der Waals surface area contributed by atoms with Gasteiger partial charge in [-0.05, 0) is 13.8 Å². The van der Waals surface area contributed by atoms with Crippen molar-refractivity contribution in [3.8, 4) is 0 Å². The maximum atomic E-state index is 12.5. The SMILES string of the molecule is CCOC(=O)N1CCN(C(=O)c2cn3cc(C)sc3n2)CC1. The molecule has 0 radical (unpaired) electrons. The number of aryl methyl sites for hydroxylation is 1. The van der Waals surface area contributed by atoms with Crippen LogP contribution in [0.5, 0.6) is 0 Å². The summed E-state index contributed by atoms with van der Waals surface area (Å²) in [5.74, 6) is -0.0861. The Labute approximate surface area is 132 Å². The Hall–Kier alpha value is -2.09. The third-order valence-electron chi connectivity index (χ3n) is 3.58. The van der Waals surface area contributed by atoms with Crippen LogP contribution in [0.3, 0.4) is 0 Å². The van der Waals surface area contributed by atoms with E-state index < -0.39 is 0 Å². The number of rotatable bonds is 2. The van der Waals surface area contributed by atoms with Gasteiger partial charge < -0.3 is 14.5 Å². The maximum Gasteiger partial charge on any atom is 0.409 e. The number of hydrogen-bond donors (Lipinski definition) is 0. The number of nitrogens with zero attached hydrogens (tertiary/aromatic N) is 4. The minimum absolute atomic E-state index is 0.0861. The predicted molar refractivity (Wildman–Crippen MR) is 82.3 cm³/mol. The Morgan fingerprint density at radius 2 is 1.91 bits per heavy atom. The summed E-state index contributed by atoms with van der Waals surface area (Å²) in [5, 5.41) is 0. The van der Waals surface area contributed by atoms with E-state index in [4.69, 9.17) is 4.74 Å². The van der Waals surface area contributed by atoms with Crippen molar-refractivity contribution in [2.75, 3.05) is 32.8 Å². The van der Waals surface area contributed by atoms with Gasteiger partial charge in [-0.15, -0.1) is 11.3 Å². The molecular formula is C14H18N4O3S. The summed E-state index contributed by atoms with van der Waals surface area (Å²) in [7, 11) is 0. The lowest BCUT2D eigenvalue weighted by atomic mass is 10.3. The molecule has 7 nitrogen and oxygen atoms in total. The monoisotopic (exact) mass is 322 g/mol. The molecule has 3 heterocycles. The van der Waals surface area contributed by atoms with Gasteiger partial charge in [-0.1, -0.05) is 0 Å².